The molecule has 6 heteroatoms. The van der Waals surface area contributed by atoms with E-state index in [0.29, 0.717) is 12.2 Å². The number of anilines is 1. The normalized spacial score (nSPS) is 16.3. The van der Waals surface area contributed by atoms with Gasteiger partial charge in [-0.05, 0) is 43.7 Å². The Morgan fingerprint density at radius 1 is 1.23 bits per heavy atom. The topological polar surface area (TPSA) is 56.1 Å². The van der Waals surface area contributed by atoms with Crippen LogP contribution in [0.15, 0.2) is 64.3 Å². The maximum atomic E-state index is 12.8. The lowest BCUT2D eigenvalue weighted by atomic mass is 9.95. The molecule has 132 valence electrons. The molecule has 2 heterocycles. The van der Waals surface area contributed by atoms with Crippen molar-refractivity contribution in [3.8, 4) is 0 Å². The number of ether oxygens (including phenoxy) is 1. The minimum atomic E-state index is -0.311. The lowest BCUT2D eigenvalue weighted by molar-refractivity contribution is -0.139. The highest BCUT2D eigenvalue weighted by Crippen LogP contribution is 2.39. The molecule has 5 nitrogen and oxygen atoms in total. The van der Waals surface area contributed by atoms with Crippen LogP contribution in [0.4, 0.5) is 5.95 Å². The first kappa shape index (κ1) is 16.8. The zero-order valence-electron chi connectivity index (χ0n) is 14.5. The van der Waals surface area contributed by atoms with Gasteiger partial charge < -0.3 is 10.1 Å². The number of nitrogens with zero attached hydrogens (tertiary/aromatic N) is 2. The summed E-state index contributed by atoms with van der Waals surface area (Å²) in [6, 6.07) is 15.6. The van der Waals surface area contributed by atoms with E-state index in [9.17, 15) is 4.79 Å². The van der Waals surface area contributed by atoms with Crippen molar-refractivity contribution < 1.29 is 9.53 Å². The zero-order valence-corrected chi connectivity index (χ0v) is 16.1. The summed E-state index contributed by atoms with van der Waals surface area (Å²) in [6.07, 6.45) is 0. The SMILES string of the molecule is CCOC(=O)C1=C(C)Nc2nc3ccccc3n2[C@@H]1c1ccc(Br)cc1. The Morgan fingerprint density at radius 2 is 1.96 bits per heavy atom. The summed E-state index contributed by atoms with van der Waals surface area (Å²) in [5.41, 5.74) is 4.22. The summed E-state index contributed by atoms with van der Waals surface area (Å²) in [4.78, 5) is 17.5. The molecule has 0 amide bonds. The molecule has 1 atom stereocenters. The second-order valence-corrected chi connectivity index (χ2v) is 7.05. The van der Waals surface area contributed by atoms with Crippen molar-refractivity contribution in [2.24, 2.45) is 0 Å². The van der Waals surface area contributed by atoms with E-state index in [1.807, 2.05) is 62.4 Å². The number of rotatable bonds is 3. The van der Waals surface area contributed by atoms with E-state index in [1.165, 1.54) is 0 Å². The molecule has 1 N–H and O–H groups in total. The van der Waals surface area contributed by atoms with E-state index >= 15 is 0 Å². The smallest absolute Gasteiger partial charge is 0.338 e. The maximum absolute atomic E-state index is 12.8. The van der Waals surface area contributed by atoms with Crippen molar-refractivity contribution in [1.29, 1.82) is 0 Å². The van der Waals surface area contributed by atoms with Gasteiger partial charge in [-0.1, -0.05) is 40.2 Å². The van der Waals surface area contributed by atoms with Gasteiger partial charge in [0.2, 0.25) is 5.95 Å². The molecule has 0 aliphatic carbocycles. The Hall–Kier alpha value is -2.60. The van der Waals surface area contributed by atoms with Crippen LogP contribution in [0.25, 0.3) is 11.0 Å². The molecular formula is C20H18BrN3O2. The number of benzene rings is 2. The molecule has 0 saturated carbocycles. The molecular weight excluding hydrogens is 394 g/mol. The Morgan fingerprint density at radius 3 is 2.69 bits per heavy atom. The molecule has 0 bridgehead atoms. The Kier molecular flexibility index (Phi) is 4.28. The van der Waals surface area contributed by atoms with Crippen LogP contribution < -0.4 is 5.32 Å². The van der Waals surface area contributed by atoms with Gasteiger partial charge in [0.1, 0.15) is 0 Å². The zero-order chi connectivity index (χ0) is 18.3. The number of esters is 1. The first-order valence-corrected chi connectivity index (χ1v) is 9.26. The van der Waals surface area contributed by atoms with Crippen molar-refractivity contribution in [2.45, 2.75) is 19.9 Å². The molecule has 0 fully saturated rings. The van der Waals surface area contributed by atoms with E-state index < -0.39 is 0 Å². The van der Waals surface area contributed by atoms with Gasteiger partial charge in [-0.2, -0.15) is 0 Å². The van der Waals surface area contributed by atoms with Crippen LogP contribution in [0.3, 0.4) is 0 Å². The quantitative estimate of drug-likeness (QED) is 0.637. The minimum absolute atomic E-state index is 0.300. The number of hydrogen-bond acceptors (Lipinski definition) is 4. The molecule has 4 rings (SSSR count). The van der Waals surface area contributed by atoms with E-state index in [0.717, 1.165) is 32.7 Å². The summed E-state index contributed by atoms with van der Waals surface area (Å²) in [7, 11) is 0. The number of imidazole rings is 1. The van der Waals surface area contributed by atoms with Crippen molar-refractivity contribution in [3.05, 3.63) is 69.8 Å². The summed E-state index contributed by atoms with van der Waals surface area (Å²) in [6.45, 7) is 4.04. The van der Waals surface area contributed by atoms with Crippen LogP contribution in [0, 0.1) is 0 Å². The van der Waals surface area contributed by atoms with Gasteiger partial charge in [-0.15, -0.1) is 0 Å². The number of nitrogens with one attached hydrogen (secondary N) is 1. The molecule has 2 aromatic carbocycles. The number of aromatic nitrogens is 2. The van der Waals surface area contributed by atoms with Crippen LogP contribution in [0.1, 0.15) is 25.5 Å². The first-order valence-electron chi connectivity index (χ1n) is 8.47. The van der Waals surface area contributed by atoms with E-state index in [4.69, 9.17) is 9.72 Å². The highest BCUT2D eigenvalue weighted by atomic mass is 79.9. The predicted octanol–water partition coefficient (Wildman–Crippen LogP) is 4.65. The van der Waals surface area contributed by atoms with Gasteiger partial charge in [-0.25, -0.2) is 9.78 Å². The van der Waals surface area contributed by atoms with Crippen molar-refractivity contribution >= 4 is 38.9 Å². The largest absolute Gasteiger partial charge is 0.463 e. The Balaban J connectivity index is 1.97. The number of para-hydroxylation sites is 2. The number of halogens is 1. The minimum Gasteiger partial charge on any atom is -0.463 e. The van der Waals surface area contributed by atoms with E-state index in [1.54, 1.807) is 0 Å². The third kappa shape index (κ3) is 2.70. The first-order chi connectivity index (χ1) is 12.6. The van der Waals surface area contributed by atoms with Gasteiger partial charge in [0, 0.05) is 10.2 Å². The van der Waals surface area contributed by atoms with Crippen LogP contribution in [0.2, 0.25) is 0 Å². The van der Waals surface area contributed by atoms with Crippen LogP contribution in [-0.2, 0) is 9.53 Å². The fraction of sp³-hybridized carbons (Fsp3) is 0.200. The van der Waals surface area contributed by atoms with E-state index in [2.05, 4.69) is 25.8 Å². The summed E-state index contributed by atoms with van der Waals surface area (Å²) < 4.78 is 8.41. The number of allylic oxidation sites excluding steroid dienone is 1. The monoisotopic (exact) mass is 411 g/mol. The molecule has 0 spiro atoms. The van der Waals surface area contributed by atoms with Crippen molar-refractivity contribution in [2.75, 3.05) is 11.9 Å². The van der Waals surface area contributed by atoms with Crippen LogP contribution in [-0.4, -0.2) is 22.1 Å². The molecule has 1 aromatic heterocycles. The number of fused-ring (bicyclic) bond motifs is 3. The maximum Gasteiger partial charge on any atom is 0.338 e. The number of carbonyl (C=O) groups is 1. The van der Waals surface area contributed by atoms with Gasteiger partial charge in [0.15, 0.2) is 0 Å². The molecule has 26 heavy (non-hydrogen) atoms. The fourth-order valence-corrected chi connectivity index (χ4v) is 3.66. The van der Waals surface area contributed by atoms with Gasteiger partial charge in [0.05, 0.1) is 29.3 Å². The fourth-order valence-electron chi connectivity index (χ4n) is 3.40. The summed E-state index contributed by atoms with van der Waals surface area (Å²) >= 11 is 3.48. The van der Waals surface area contributed by atoms with Crippen molar-refractivity contribution in [3.63, 3.8) is 0 Å². The molecule has 0 saturated heterocycles. The lowest BCUT2D eigenvalue weighted by Crippen LogP contribution is -2.28. The Labute approximate surface area is 159 Å². The molecule has 0 unspecified atom stereocenters. The average Bonchev–Trinajstić information content (AvgIpc) is 2.99. The Bertz CT molecular complexity index is 1020. The summed E-state index contributed by atoms with van der Waals surface area (Å²) in [5, 5.41) is 3.27. The molecule has 3 aromatic rings. The highest BCUT2D eigenvalue weighted by Gasteiger charge is 2.34. The molecule has 1 aliphatic rings. The van der Waals surface area contributed by atoms with Gasteiger partial charge in [0.25, 0.3) is 0 Å². The molecule has 0 radical (unpaired) electrons. The highest BCUT2D eigenvalue weighted by molar-refractivity contribution is 9.10. The third-order valence-corrected chi connectivity index (χ3v) is 5.04. The molecule has 1 aliphatic heterocycles. The van der Waals surface area contributed by atoms with Gasteiger partial charge in [-0.3, -0.25) is 4.57 Å². The average molecular weight is 412 g/mol. The lowest BCUT2D eigenvalue weighted by Gasteiger charge is -2.30. The van der Waals surface area contributed by atoms with Gasteiger partial charge >= 0.3 is 5.97 Å². The van der Waals surface area contributed by atoms with E-state index in [-0.39, 0.29) is 12.0 Å². The van der Waals surface area contributed by atoms with Crippen LogP contribution >= 0.6 is 15.9 Å². The third-order valence-electron chi connectivity index (χ3n) is 4.51. The second-order valence-electron chi connectivity index (χ2n) is 6.13. The predicted molar refractivity (Wildman–Crippen MR) is 105 cm³/mol. The summed E-state index contributed by atoms with van der Waals surface area (Å²) in [5.74, 6) is 0.415. The number of carbonyl (C=O) groups excluding carboxylic acids is 1. The second kappa shape index (κ2) is 6.61. The number of hydrogen-bond donors (Lipinski definition) is 1. The van der Waals surface area contributed by atoms with Crippen molar-refractivity contribution in [1.82, 2.24) is 9.55 Å². The standard InChI is InChI=1S/C20H18BrN3O2/c1-3-26-19(25)17-12(2)22-20-23-15-6-4-5-7-16(15)24(20)18(17)13-8-10-14(21)11-9-13/h4-11,18H,3H2,1-2H3,(H,22,23)/t18-/m1/s1. The van der Waals surface area contributed by atoms with Crippen LogP contribution in [0.5, 0.6) is 0 Å².